The third-order valence-corrected chi connectivity index (χ3v) is 6.38. The first-order chi connectivity index (χ1) is 15.8. The minimum Gasteiger partial charge on any atom is -0.507 e. The minimum absolute atomic E-state index is 0.0321. The van der Waals surface area contributed by atoms with Crippen molar-refractivity contribution in [3.8, 4) is 11.6 Å². The van der Waals surface area contributed by atoms with Crippen molar-refractivity contribution in [3.05, 3.63) is 86.2 Å². The largest absolute Gasteiger partial charge is 0.507 e. The molecule has 10 heteroatoms. The first-order valence-electron chi connectivity index (χ1n) is 9.84. The smallest absolute Gasteiger partial charge is 0.261 e. The van der Waals surface area contributed by atoms with E-state index in [4.69, 9.17) is 4.74 Å². The van der Waals surface area contributed by atoms with E-state index in [9.17, 15) is 23.5 Å². The lowest BCUT2D eigenvalue weighted by molar-refractivity contribution is 0.0955. The van der Waals surface area contributed by atoms with E-state index in [1.54, 1.807) is 18.3 Å². The number of nitrogens with zero attached hydrogens (tertiary/aromatic N) is 2. The molecule has 0 saturated heterocycles. The molecule has 0 unspecified atom stereocenters. The molecule has 33 heavy (non-hydrogen) atoms. The number of halogens is 2. The molecular formula is C23H19F2N3O4S. The fourth-order valence-electron chi connectivity index (χ4n) is 3.43. The summed E-state index contributed by atoms with van der Waals surface area (Å²) in [5.74, 6) is -2.26. The van der Waals surface area contributed by atoms with Crippen LogP contribution >= 0.6 is 11.3 Å². The van der Waals surface area contributed by atoms with E-state index in [1.165, 1.54) is 30.9 Å². The summed E-state index contributed by atoms with van der Waals surface area (Å²) in [7, 11) is 3.03. The SMILES string of the molecule is COc1cc(CNC(=O)c2cc3c(O)c(Cc4ccc(F)c(F)c4)c(=O)n(C)c3s2)ccn1. The van der Waals surface area contributed by atoms with Crippen LogP contribution in [0.5, 0.6) is 11.6 Å². The molecule has 4 rings (SSSR count). The maximum atomic E-state index is 13.6. The van der Waals surface area contributed by atoms with Gasteiger partial charge in [0.2, 0.25) is 5.88 Å². The van der Waals surface area contributed by atoms with Crippen molar-refractivity contribution in [1.82, 2.24) is 14.9 Å². The molecule has 1 aromatic carbocycles. The number of aromatic hydroxyl groups is 1. The average molecular weight is 471 g/mol. The summed E-state index contributed by atoms with van der Waals surface area (Å²) in [6.45, 7) is 0.234. The molecule has 0 saturated carbocycles. The minimum atomic E-state index is -1.04. The summed E-state index contributed by atoms with van der Waals surface area (Å²) in [6, 6.07) is 8.25. The van der Waals surface area contributed by atoms with Gasteiger partial charge in [-0.2, -0.15) is 0 Å². The number of hydrogen-bond donors (Lipinski definition) is 2. The second-order valence-corrected chi connectivity index (χ2v) is 8.37. The maximum absolute atomic E-state index is 13.6. The lowest BCUT2D eigenvalue weighted by Gasteiger charge is -2.09. The van der Waals surface area contributed by atoms with Gasteiger partial charge in [-0.25, -0.2) is 13.8 Å². The van der Waals surface area contributed by atoms with E-state index in [0.717, 1.165) is 29.0 Å². The number of amides is 1. The Morgan fingerprint density at radius 2 is 1.97 bits per heavy atom. The molecule has 3 aromatic heterocycles. The number of hydrogen-bond acceptors (Lipinski definition) is 6. The quantitative estimate of drug-likeness (QED) is 0.449. The number of nitrogens with one attached hydrogen (secondary N) is 1. The Bertz CT molecular complexity index is 1430. The zero-order valence-electron chi connectivity index (χ0n) is 17.7. The molecule has 0 aliphatic heterocycles. The first kappa shape index (κ1) is 22.4. The Balaban J connectivity index is 1.63. The maximum Gasteiger partial charge on any atom is 0.261 e. The number of aromatic nitrogens is 2. The summed E-state index contributed by atoms with van der Waals surface area (Å²) in [5.41, 5.74) is 0.675. The van der Waals surface area contributed by atoms with Crippen molar-refractivity contribution >= 4 is 27.5 Å². The van der Waals surface area contributed by atoms with Gasteiger partial charge in [0.15, 0.2) is 11.6 Å². The third kappa shape index (κ3) is 4.42. The number of ether oxygens (including phenoxy) is 1. The van der Waals surface area contributed by atoms with Crippen LogP contribution in [-0.4, -0.2) is 27.7 Å². The van der Waals surface area contributed by atoms with Crippen LogP contribution in [0.3, 0.4) is 0 Å². The fourth-order valence-corrected chi connectivity index (χ4v) is 4.46. The molecule has 3 heterocycles. The van der Waals surface area contributed by atoms with Crippen molar-refractivity contribution in [2.45, 2.75) is 13.0 Å². The van der Waals surface area contributed by atoms with E-state index in [1.807, 2.05) is 0 Å². The number of pyridine rings is 2. The van der Waals surface area contributed by atoms with Crippen LogP contribution in [0.15, 0.2) is 47.4 Å². The standard InChI is InChI=1S/C23H19F2N3O4S/c1-28-22(31)14(7-12-3-4-16(24)17(25)8-12)20(29)15-10-18(33-23(15)28)21(30)27-11-13-5-6-26-19(9-13)32-2/h3-6,8-10,29H,7,11H2,1-2H3,(H,27,30). The summed E-state index contributed by atoms with van der Waals surface area (Å²) in [6.07, 6.45) is 1.48. The van der Waals surface area contributed by atoms with E-state index in [0.29, 0.717) is 26.5 Å². The Labute approximate surface area is 190 Å². The number of thiophene rings is 1. The molecule has 0 spiro atoms. The van der Waals surface area contributed by atoms with Gasteiger partial charge < -0.3 is 19.7 Å². The number of carbonyl (C=O) groups is 1. The fraction of sp³-hybridized carbons (Fsp3) is 0.174. The van der Waals surface area contributed by atoms with Crippen LogP contribution in [0.2, 0.25) is 0 Å². The summed E-state index contributed by atoms with van der Waals surface area (Å²) >= 11 is 1.07. The lowest BCUT2D eigenvalue weighted by Crippen LogP contribution is -2.21. The molecule has 7 nitrogen and oxygen atoms in total. The molecular weight excluding hydrogens is 452 g/mol. The highest BCUT2D eigenvalue weighted by Gasteiger charge is 2.20. The van der Waals surface area contributed by atoms with Gasteiger partial charge in [0.1, 0.15) is 10.6 Å². The van der Waals surface area contributed by atoms with Crippen LogP contribution in [0.4, 0.5) is 8.78 Å². The van der Waals surface area contributed by atoms with E-state index in [2.05, 4.69) is 10.3 Å². The molecule has 0 fully saturated rings. The molecule has 2 N–H and O–H groups in total. The van der Waals surface area contributed by atoms with E-state index < -0.39 is 17.2 Å². The van der Waals surface area contributed by atoms with Crippen LogP contribution in [0.1, 0.15) is 26.4 Å². The van der Waals surface area contributed by atoms with Crippen molar-refractivity contribution < 1.29 is 23.4 Å². The summed E-state index contributed by atoms with van der Waals surface area (Å²) in [4.78, 5) is 30.3. The predicted octanol–water partition coefficient (Wildman–Crippen LogP) is 3.51. The molecule has 0 aliphatic rings. The average Bonchev–Trinajstić information content (AvgIpc) is 3.27. The van der Waals surface area contributed by atoms with Crippen molar-refractivity contribution in [2.75, 3.05) is 7.11 Å². The summed E-state index contributed by atoms with van der Waals surface area (Å²) in [5, 5.41) is 13.9. The topological polar surface area (TPSA) is 93.5 Å². The van der Waals surface area contributed by atoms with Crippen LogP contribution in [0.25, 0.3) is 10.2 Å². The van der Waals surface area contributed by atoms with Crippen molar-refractivity contribution in [2.24, 2.45) is 7.05 Å². The van der Waals surface area contributed by atoms with Crippen LogP contribution in [-0.2, 0) is 20.0 Å². The van der Waals surface area contributed by atoms with E-state index in [-0.39, 0.29) is 30.2 Å². The summed E-state index contributed by atoms with van der Waals surface area (Å²) < 4.78 is 33.2. The molecule has 0 atom stereocenters. The Hall–Kier alpha value is -3.79. The Kier molecular flexibility index (Phi) is 6.10. The molecule has 170 valence electrons. The van der Waals surface area contributed by atoms with Crippen LogP contribution < -0.4 is 15.6 Å². The zero-order chi connectivity index (χ0) is 23.7. The number of fused-ring (bicyclic) bond motifs is 1. The van der Waals surface area contributed by atoms with E-state index >= 15 is 0 Å². The monoisotopic (exact) mass is 471 g/mol. The first-order valence-corrected chi connectivity index (χ1v) is 10.7. The van der Waals surface area contributed by atoms with Crippen LogP contribution in [0, 0.1) is 11.6 Å². The predicted molar refractivity (Wildman–Crippen MR) is 120 cm³/mol. The van der Waals surface area contributed by atoms with Gasteiger partial charge in [0, 0.05) is 32.3 Å². The highest BCUT2D eigenvalue weighted by molar-refractivity contribution is 7.20. The van der Waals surface area contributed by atoms with Crippen molar-refractivity contribution in [3.63, 3.8) is 0 Å². The molecule has 0 aliphatic carbocycles. The van der Waals surface area contributed by atoms with Gasteiger partial charge in [-0.3, -0.25) is 9.59 Å². The lowest BCUT2D eigenvalue weighted by atomic mass is 10.0. The normalized spacial score (nSPS) is 11.0. The molecule has 4 aromatic rings. The second kappa shape index (κ2) is 8.99. The highest BCUT2D eigenvalue weighted by Crippen LogP contribution is 2.33. The number of benzene rings is 1. The Morgan fingerprint density at radius 1 is 1.18 bits per heavy atom. The second-order valence-electron chi connectivity index (χ2n) is 7.34. The molecule has 1 amide bonds. The van der Waals surface area contributed by atoms with Crippen molar-refractivity contribution in [1.29, 1.82) is 0 Å². The van der Waals surface area contributed by atoms with Gasteiger partial charge in [0.05, 0.1) is 22.9 Å². The third-order valence-electron chi connectivity index (χ3n) is 5.17. The number of carbonyl (C=O) groups excluding carboxylic acids is 1. The van der Waals surface area contributed by atoms with Gasteiger partial charge in [0.25, 0.3) is 11.5 Å². The molecule has 0 bridgehead atoms. The zero-order valence-corrected chi connectivity index (χ0v) is 18.5. The number of aryl methyl sites for hydroxylation is 1. The Morgan fingerprint density at radius 3 is 2.70 bits per heavy atom. The van der Waals surface area contributed by atoms with Gasteiger partial charge in [-0.15, -0.1) is 11.3 Å². The number of methoxy groups -OCH3 is 1. The number of rotatable bonds is 6. The van der Waals surface area contributed by atoms with Gasteiger partial charge in [-0.05, 0) is 35.4 Å². The van der Waals surface area contributed by atoms with Gasteiger partial charge >= 0.3 is 0 Å². The highest BCUT2D eigenvalue weighted by atomic mass is 32.1. The molecule has 0 radical (unpaired) electrons. The van der Waals surface area contributed by atoms with Gasteiger partial charge in [-0.1, -0.05) is 6.07 Å².